The van der Waals surface area contributed by atoms with Gasteiger partial charge < -0.3 is 24.3 Å². The highest BCUT2D eigenvalue weighted by atomic mass is 19.4. The first-order valence-corrected chi connectivity index (χ1v) is 10.8. The topological polar surface area (TPSA) is 88.9 Å². The number of carbonyl (C=O) groups is 2. The summed E-state index contributed by atoms with van der Waals surface area (Å²) in [6, 6.07) is 0.410. The summed E-state index contributed by atoms with van der Waals surface area (Å²) >= 11 is 0. The number of amides is 2. The summed E-state index contributed by atoms with van der Waals surface area (Å²) in [4.78, 5) is 32.9. The van der Waals surface area contributed by atoms with Crippen LogP contribution in [-0.2, 0) is 22.6 Å². The summed E-state index contributed by atoms with van der Waals surface area (Å²) in [5.74, 6) is 0.546. The van der Waals surface area contributed by atoms with Crippen LogP contribution in [0, 0.1) is 0 Å². The Hall–Kier alpha value is -2.34. The molecule has 0 saturated carbocycles. The lowest BCUT2D eigenvalue weighted by molar-refractivity contribution is -0.200. The Bertz CT molecular complexity index is 862. The summed E-state index contributed by atoms with van der Waals surface area (Å²) in [7, 11) is 0. The van der Waals surface area contributed by atoms with Gasteiger partial charge in [0.05, 0.1) is 25.8 Å². The fourth-order valence-electron chi connectivity index (χ4n) is 4.06. The van der Waals surface area contributed by atoms with Crippen molar-refractivity contribution in [1.82, 2.24) is 24.7 Å². The smallest absolute Gasteiger partial charge is 0.425 e. The van der Waals surface area contributed by atoms with E-state index < -0.39 is 23.9 Å². The molecule has 9 nitrogen and oxygen atoms in total. The molecule has 0 radical (unpaired) electrons. The highest BCUT2D eigenvalue weighted by Crippen LogP contribution is 2.26. The number of carbonyl (C=O) groups excluding carboxylic acids is 2. The van der Waals surface area contributed by atoms with Crippen molar-refractivity contribution in [2.24, 2.45) is 0 Å². The van der Waals surface area contributed by atoms with Crippen molar-refractivity contribution in [2.75, 3.05) is 32.8 Å². The fraction of sp³-hybridized carbons (Fsp3) is 0.750. The molecule has 2 saturated heterocycles. The zero-order chi connectivity index (χ0) is 23.1. The zero-order valence-electron chi connectivity index (χ0n) is 18.2. The predicted molar refractivity (Wildman–Crippen MR) is 106 cm³/mol. The molecule has 1 unspecified atom stereocenters. The average Bonchev–Trinajstić information content (AvgIpc) is 3.10. The van der Waals surface area contributed by atoms with Crippen LogP contribution in [-0.4, -0.2) is 88.1 Å². The van der Waals surface area contributed by atoms with E-state index in [1.807, 2.05) is 11.5 Å². The molecule has 32 heavy (non-hydrogen) atoms. The van der Waals surface area contributed by atoms with E-state index in [2.05, 4.69) is 19.9 Å². The molecular formula is C20H28F3N5O4. The van der Waals surface area contributed by atoms with Crippen LogP contribution in [0.4, 0.5) is 18.0 Å². The molecule has 3 aliphatic heterocycles. The molecular weight excluding hydrogens is 431 g/mol. The molecule has 1 aromatic rings. The Kier molecular flexibility index (Phi) is 6.10. The van der Waals surface area contributed by atoms with Gasteiger partial charge in [0.15, 0.2) is 6.10 Å². The van der Waals surface area contributed by atoms with Crippen molar-refractivity contribution >= 4 is 12.0 Å². The minimum atomic E-state index is -4.60. The van der Waals surface area contributed by atoms with Crippen LogP contribution in [0.15, 0.2) is 6.20 Å². The Morgan fingerprint density at radius 2 is 1.94 bits per heavy atom. The molecule has 0 spiro atoms. The quantitative estimate of drug-likeness (QED) is 0.739. The molecule has 2 fully saturated rings. The van der Waals surface area contributed by atoms with Crippen molar-refractivity contribution in [3.63, 3.8) is 0 Å². The molecule has 178 valence electrons. The summed E-state index contributed by atoms with van der Waals surface area (Å²) in [5, 5.41) is 2.99. The molecule has 12 heteroatoms. The maximum Gasteiger partial charge on any atom is 0.425 e. The van der Waals surface area contributed by atoms with E-state index >= 15 is 0 Å². The number of nitrogens with one attached hydrogen (secondary N) is 1. The Labute approximate surface area is 183 Å². The monoisotopic (exact) mass is 459 g/mol. The third-order valence-electron chi connectivity index (χ3n) is 6.48. The van der Waals surface area contributed by atoms with Gasteiger partial charge in [-0.05, 0) is 26.7 Å². The number of nitrogens with zero attached hydrogens (tertiary/aromatic N) is 4. The molecule has 1 aromatic heterocycles. The van der Waals surface area contributed by atoms with Crippen LogP contribution in [0.25, 0.3) is 0 Å². The first-order valence-electron chi connectivity index (χ1n) is 10.8. The second-order valence-electron chi connectivity index (χ2n) is 8.97. The Morgan fingerprint density at radius 3 is 2.53 bits per heavy atom. The van der Waals surface area contributed by atoms with E-state index in [4.69, 9.17) is 4.74 Å². The number of ether oxygens (including phenoxy) is 2. The van der Waals surface area contributed by atoms with Gasteiger partial charge in [0, 0.05) is 37.9 Å². The molecule has 2 amide bonds. The molecule has 0 bridgehead atoms. The largest absolute Gasteiger partial charge is 0.437 e. The third-order valence-corrected chi connectivity index (χ3v) is 6.48. The van der Waals surface area contributed by atoms with Gasteiger partial charge in [-0.2, -0.15) is 13.2 Å². The number of imidazole rings is 1. The van der Waals surface area contributed by atoms with Gasteiger partial charge in [0.25, 0.3) is 5.91 Å². The molecule has 3 aliphatic rings. The van der Waals surface area contributed by atoms with Gasteiger partial charge >= 0.3 is 12.3 Å². The second kappa shape index (κ2) is 8.54. The van der Waals surface area contributed by atoms with E-state index in [1.54, 1.807) is 6.20 Å². The summed E-state index contributed by atoms with van der Waals surface area (Å²) in [6.45, 7) is 6.82. The lowest BCUT2D eigenvalue weighted by Gasteiger charge is -2.39. The number of fused-ring (bicyclic) bond motifs is 1. The van der Waals surface area contributed by atoms with Crippen LogP contribution in [0.1, 0.15) is 43.0 Å². The number of alkyl halides is 3. The van der Waals surface area contributed by atoms with Gasteiger partial charge in [0.1, 0.15) is 11.5 Å². The number of likely N-dealkylation sites (tertiary alicyclic amines) is 1. The third kappa shape index (κ3) is 4.85. The number of hydrogen-bond donors (Lipinski definition) is 1. The maximum atomic E-state index is 12.8. The molecule has 4 heterocycles. The first-order chi connectivity index (χ1) is 15.0. The van der Waals surface area contributed by atoms with Crippen molar-refractivity contribution in [3.05, 3.63) is 17.7 Å². The van der Waals surface area contributed by atoms with Crippen molar-refractivity contribution in [2.45, 2.75) is 63.6 Å². The van der Waals surface area contributed by atoms with Gasteiger partial charge in [-0.25, -0.2) is 9.78 Å². The molecule has 1 atom stereocenters. The first kappa shape index (κ1) is 22.8. The molecule has 4 rings (SSSR count). The van der Waals surface area contributed by atoms with E-state index in [1.165, 1.54) is 4.90 Å². The minimum Gasteiger partial charge on any atom is -0.437 e. The van der Waals surface area contributed by atoms with E-state index in [0.717, 1.165) is 39.1 Å². The second-order valence-corrected chi connectivity index (χ2v) is 8.97. The number of piperidine rings is 1. The summed E-state index contributed by atoms with van der Waals surface area (Å²) in [6.07, 6.45) is -5.20. The van der Waals surface area contributed by atoms with E-state index in [9.17, 15) is 22.8 Å². The van der Waals surface area contributed by atoms with Gasteiger partial charge in [-0.3, -0.25) is 9.69 Å². The molecule has 1 N–H and O–H groups in total. The molecule has 0 aromatic carbocycles. The van der Waals surface area contributed by atoms with Crippen molar-refractivity contribution in [3.8, 4) is 0 Å². The average molecular weight is 459 g/mol. The van der Waals surface area contributed by atoms with Crippen LogP contribution in [0.2, 0.25) is 0 Å². The Morgan fingerprint density at radius 1 is 1.25 bits per heavy atom. The van der Waals surface area contributed by atoms with E-state index in [-0.39, 0.29) is 19.0 Å². The van der Waals surface area contributed by atoms with Crippen LogP contribution >= 0.6 is 0 Å². The van der Waals surface area contributed by atoms with Gasteiger partial charge in [-0.1, -0.05) is 0 Å². The standard InChI is InChI=1S/C20H28F3N5O4/c1-13(20(21,22)23)32-18(30)26-5-3-19(2,4-6-26)25-17(29)15-9-28-8-7-27(10-16(28)24-15)14-11-31-12-14/h9,13-14H,3-8,10-12H2,1-2H3,(H,25,29). The lowest BCUT2D eigenvalue weighted by Crippen LogP contribution is -2.55. The summed E-state index contributed by atoms with van der Waals surface area (Å²) in [5.41, 5.74) is -0.253. The fourth-order valence-corrected chi connectivity index (χ4v) is 4.06. The van der Waals surface area contributed by atoms with E-state index in [0.29, 0.717) is 31.1 Å². The highest BCUT2D eigenvalue weighted by molar-refractivity contribution is 5.92. The maximum absolute atomic E-state index is 12.8. The minimum absolute atomic E-state index is 0.193. The molecule has 0 aliphatic carbocycles. The lowest BCUT2D eigenvalue weighted by atomic mass is 9.89. The SMILES string of the molecule is CC(OC(=O)N1CCC(C)(NC(=O)c2cn3c(n2)CN(C2COC2)CC3)CC1)C(F)(F)F. The van der Waals surface area contributed by atoms with Gasteiger partial charge in [-0.15, -0.1) is 0 Å². The number of aromatic nitrogens is 2. The Balaban J connectivity index is 1.30. The van der Waals surface area contributed by atoms with Crippen LogP contribution < -0.4 is 5.32 Å². The van der Waals surface area contributed by atoms with Crippen molar-refractivity contribution < 1.29 is 32.2 Å². The highest BCUT2D eigenvalue weighted by Gasteiger charge is 2.41. The van der Waals surface area contributed by atoms with Crippen LogP contribution in [0.3, 0.4) is 0 Å². The van der Waals surface area contributed by atoms with Gasteiger partial charge in [0.2, 0.25) is 0 Å². The summed E-state index contributed by atoms with van der Waals surface area (Å²) < 4.78 is 49.6. The number of hydrogen-bond acceptors (Lipinski definition) is 6. The number of rotatable bonds is 4. The normalized spacial score (nSPS) is 22.6. The van der Waals surface area contributed by atoms with Crippen molar-refractivity contribution in [1.29, 1.82) is 0 Å². The predicted octanol–water partition coefficient (Wildman–Crippen LogP) is 1.77. The van der Waals surface area contributed by atoms with Crippen LogP contribution in [0.5, 0.6) is 0 Å². The number of halogens is 3. The zero-order valence-corrected chi connectivity index (χ0v) is 18.2.